The zero-order valence-electron chi connectivity index (χ0n) is 19.0. The molecule has 1 amide bonds. The number of carboxylic acids is 1. The van der Waals surface area contributed by atoms with E-state index in [1.807, 2.05) is 4.68 Å². The van der Waals surface area contributed by atoms with E-state index < -0.39 is 18.0 Å². The van der Waals surface area contributed by atoms with Crippen LogP contribution in [0.1, 0.15) is 48.5 Å². The highest BCUT2D eigenvalue weighted by Crippen LogP contribution is 2.28. The van der Waals surface area contributed by atoms with Crippen molar-refractivity contribution in [3.63, 3.8) is 0 Å². The molecular weight excluding hydrogens is 468 g/mol. The molecule has 0 bridgehead atoms. The van der Waals surface area contributed by atoms with Crippen molar-refractivity contribution < 1.29 is 32.3 Å². The van der Waals surface area contributed by atoms with Gasteiger partial charge in [-0.3, -0.25) is 4.79 Å². The van der Waals surface area contributed by atoms with Crippen molar-refractivity contribution in [1.29, 1.82) is 0 Å². The first-order valence-electron chi connectivity index (χ1n) is 11.4. The van der Waals surface area contributed by atoms with E-state index in [0.717, 1.165) is 31.8 Å². The molecule has 7 nitrogen and oxygen atoms in total. The first-order chi connectivity index (χ1) is 16.6. The third kappa shape index (κ3) is 7.91. The summed E-state index contributed by atoms with van der Waals surface area (Å²) in [6, 6.07) is 7.81. The minimum absolute atomic E-state index is 0.278. The Morgan fingerprint density at radius 1 is 1.11 bits per heavy atom. The number of carbonyl (C=O) groups excluding carboxylic acids is 1. The fourth-order valence-corrected chi connectivity index (χ4v) is 4.26. The Morgan fingerprint density at radius 3 is 2.43 bits per heavy atom. The van der Waals surface area contributed by atoms with Crippen molar-refractivity contribution in [2.45, 2.75) is 44.3 Å². The largest absolute Gasteiger partial charge is 0.490 e. The molecule has 190 valence electrons. The molecule has 1 aromatic carbocycles. The van der Waals surface area contributed by atoms with Gasteiger partial charge in [-0.25, -0.2) is 13.9 Å². The van der Waals surface area contributed by atoms with Crippen LogP contribution >= 0.6 is 0 Å². The Balaban J connectivity index is 0.000000429. The summed E-state index contributed by atoms with van der Waals surface area (Å²) < 4.78 is 47.0. The van der Waals surface area contributed by atoms with E-state index in [0.29, 0.717) is 11.4 Å². The molecule has 1 aliphatic heterocycles. The highest BCUT2D eigenvalue weighted by Gasteiger charge is 2.38. The van der Waals surface area contributed by atoms with E-state index in [1.165, 1.54) is 37.9 Å². The summed E-state index contributed by atoms with van der Waals surface area (Å²) in [4.78, 5) is 23.9. The van der Waals surface area contributed by atoms with Crippen molar-refractivity contribution in [3.05, 3.63) is 60.1 Å². The van der Waals surface area contributed by atoms with Crippen LogP contribution in [0.25, 0.3) is 0 Å². The van der Waals surface area contributed by atoms with E-state index in [-0.39, 0.29) is 11.9 Å². The van der Waals surface area contributed by atoms with Gasteiger partial charge in [0.2, 0.25) is 0 Å². The number of halogens is 4. The fourth-order valence-electron chi connectivity index (χ4n) is 4.26. The number of rotatable bonds is 5. The van der Waals surface area contributed by atoms with E-state index in [1.54, 1.807) is 24.4 Å². The number of likely N-dealkylation sites (tertiary alicyclic amines) is 1. The third-order valence-corrected chi connectivity index (χ3v) is 6.04. The normalized spacial score (nSPS) is 19.0. The molecule has 0 spiro atoms. The van der Waals surface area contributed by atoms with Gasteiger partial charge in [0, 0.05) is 31.3 Å². The number of alkyl halides is 3. The molecule has 1 unspecified atom stereocenters. The van der Waals surface area contributed by atoms with Crippen LogP contribution in [0.3, 0.4) is 0 Å². The highest BCUT2D eigenvalue weighted by molar-refractivity contribution is 6.03. The number of hydrogen-bond acceptors (Lipinski definition) is 4. The molecule has 1 atom stereocenters. The highest BCUT2D eigenvalue weighted by atomic mass is 19.4. The van der Waals surface area contributed by atoms with Crippen LogP contribution in [0.4, 0.5) is 23.4 Å². The first-order valence-corrected chi connectivity index (χ1v) is 11.4. The van der Waals surface area contributed by atoms with Crippen LogP contribution in [0.15, 0.2) is 48.7 Å². The Labute approximate surface area is 200 Å². The topological polar surface area (TPSA) is 87.5 Å². The number of nitrogens with zero attached hydrogens (tertiary/aromatic N) is 3. The van der Waals surface area contributed by atoms with Gasteiger partial charge in [0.25, 0.3) is 5.91 Å². The number of piperidine rings is 1. The van der Waals surface area contributed by atoms with Gasteiger partial charge in [-0.2, -0.15) is 18.3 Å². The molecule has 11 heteroatoms. The quantitative estimate of drug-likeness (QED) is 0.454. The summed E-state index contributed by atoms with van der Waals surface area (Å²) in [5.74, 6) is -2.03. The number of allylic oxidation sites excluding steroid dienone is 2. The first kappa shape index (κ1) is 26.4. The van der Waals surface area contributed by atoms with Crippen LogP contribution in [0, 0.1) is 11.7 Å². The van der Waals surface area contributed by atoms with Gasteiger partial charge in [0.05, 0.1) is 12.2 Å². The summed E-state index contributed by atoms with van der Waals surface area (Å²) in [6.07, 6.45) is 6.99. The number of aromatic nitrogens is 2. The van der Waals surface area contributed by atoms with Crippen molar-refractivity contribution in [2.75, 3.05) is 25.0 Å². The fraction of sp³-hybridized carbons (Fsp3) is 0.458. The van der Waals surface area contributed by atoms with Crippen molar-refractivity contribution >= 4 is 17.7 Å². The van der Waals surface area contributed by atoms with Gasteiger partial charge < -0.3 is 15.3 Å². The van der Waals surface area contributed by atoms with Crippen LogP contribution in [-0.4, -0.2) is 57.5 Å². The molecule has 2 aromatic rings. The molecule has 2 heterocycles. The number of hydrogen-bond donors (Lipinski definition) is 2. The van der Waals surface area contributed by atoms with Crippen LogP contribution in [0.2, 0.25) is 0 Å². The molecule has 1 aliphatic carbocycles. The molecule has 4 rings (SSSR count). The number of amides is 1. The molecule has 1 fully saturated rings. The zero-order chi connectivity index (χ0) is 25.4. The van der Waals surface area contributed by atoms with E-state index in [2.05, 4.69) is 27.5 Å². The summed E-state index contributed by atoms with van der Waals surface area (Å²) in [5, 5.41) is 14.5. The standard InChI is InChI=1S/C22H27FN4O.C2HF3O2/c23-19-8-4-7-18(15-19)22(28)25-21-9-12-24-27(21)20-10-13-26(14-11-20)16-17-5-2-1-3-6-17;3-2(4,5)1(6)7/h1-2,4,7-9,12,15,17,20H,3,5-6,10-11,13-14,16H2,(H,25,28);(H,6,7). The lowest BCUT2D eigenvalue weighted by molar-refractivity contribution is -0.192. The number of benzene rings is 1. The second-order valence-electron chi connectivity index (χ2n) is 8.61. The number of aliphatic carboxylic acids is 1. The van der Waals surface area contributed by atoms with Crippen molar-refractivity contribution in [2.24, 2.45) is 5.92 Å². The van der Waals surface area contributed by atoms with Gasteiger partial charge in [-0.1, -0.05) is 18.2 Å². The molecule has 2 aliphatic rings. The monoisotopic (exact) mass is 496 g/mol. The van der Waals surface area contributed by atoms with Crippen LogP contribution in [0.5, 0.6) is 0 Å². The minimum atomic E-state index is -5.08. The smallest absolute Gasteiger partial charge is 0.475 e. The maximum Gasteiger partial charge on any atom is 0.490 e. The van der Waals surface area contributed by atoms with Gasteiger partial charge in [0.1, 0.15) is 11.6 Å². The Bertz CT molecular complexity index is 1030. The number of nitrogens with one attached hydrogen (secondary N) is 1. The predicted molar refractivity (Wildman–Crippen MR) is 121 cm³/mol. The van der Waals surface area contributed by atoms with Gasteiger partial charge in [-0.05, 0) is 56.2 Å². The van der Waals surface area contributed by atoms with Crippen LogP contribution < -0.4 is 5.32 Å². The molecule has 35 heavy (non-hydrogen) atoms. The van der Waals surface area contributed by atoms with Crippen molar-refractivity contribution in [1.82, 2.24) is 14.7 Å². The Kier molecular flexibility index (Phi) is 9.02. The lowest BCUT2D eigenvalue weighted by Gasteiger charge is -2.35. The molecule has 0 radical (unpaired) electrons. The average molecular weight is 497 g/mol. The Morgan fingerprint density at radius 2 is 1.83 bits per heavy atom. The summed E-state index contributed by atoms with van der Waals surface area (Å²) in [7, 11) is 0. The lowest BCUT2D eigenvalue weighted by atomic mass is 9.93. The van der Waals surface area contributed by atoms with Gasteiger partial charge in [-0.15, -0.1) is 0 Å². The summed E-state index contributed by atoms with van der Waals surface area (Å²) >= 11 is 0. The second-order valence-corrected chi connectivity index (χ2v) is 8.61. The summed E-state index contributed by atoms with van der Waals surface area (Å²) in [6.45, 7) is 3.30. The van der Waals surface area contributed by atoms with Gasteiger partial charge >= 0.3 is 12.1 Å². The van der Waals surface area contributed by atoms with Crippen molar-refractivity contribution in [3.8, 4) is 0 Å². The second kappa shape index (κ2) is 12.0. The number of carbonyl (C=O) groups is 2. The zero-order valence-corrected chi connectivity index (χ0v) is 19.0. The average Bonchev–Trinajstić information content (AvgIpc) is 3.28. The Hall–Kier alpha value is -3.21. The third-order valence-electron chi connectivity index (χ3n) is 6.04. The lowest BCUT2D eigenvalue weighted by Crippen LogP contribution is -2.38. The predicted octanol–water partition coefficient (Wildman–Crippen LogP) is 4.90. The van der Waals surface area contributed by atoms with E-state index in [4.69, 9.17) is 9.90 Å². The molecule has 1 aromatic heterocycles. The number of anilines is 1. The molecule has 2 N–H and O–H groups in total. The molecular formula is C24H28F4N4O3. The van der Waals surface area contributed by atoms with E-state index in [9.17, 15) is 22.4 Å². The van der Waals surface area contributed by atoms with Gasteiger partial charge in [0.15, 0.2) is 0 Å². The SMILES string of the molecule is O=C(Nc1ccnn1C1CCN(CC2CC=CCC2)CC1)c1cccc(F)c1.O=C(O)C(F)(F)F. The number of carboxylic acid groups (broad SMARTS) is 1. The minimum Gasteiger partial charge on any atom is -0.475 e. The maximum atomic E-state index is 13.4. The molecule has 1 saturated heterocycles. The molecule has 0 saturated carbocycles. The summed E-state index contributed by atoms with van der Waals surface area (Å²) in [5.41, 5.74) is 0.309. The van der Waals surface area contributed by atoms with Crippen LogP contribution in [-0.2, 0) is 4.79 Å². The maximum absolute atomic E-state index is 13.4. The van der Waals surface area contributed by atoms with E-state index >= 15 is 0 Å².